The van der Waals surface area contributed by atoms with Crippen molar-refractivity contribution in [1.82, 2.24) is 10.2 Å². The number of likely N-dealkylation sites (tertiary alicyclic amines) is 1. The molecule has 2 heterocycles. The highest BCUT2D eigenvalue weighted by Gasteiger charge is 2.31. The van der Waals surface area contributed by atoms with Crippen molar-refractivity contribution in [3.8, 4) is 0 Å². The number of rotatable bonds is 4. The summed E-state index contributed by atoms with van der Waals surface area (Å²) in [7, 11) is 2.01. The molecule has 2 rings (SSSR count). The van der Waals surface area contributed by atoms with Crippen LogP contribution in [-0.4, -0.2) is 50.3 Å². The van der Waals surface area contributed by atoms with Gasteiger partial charge in [-0.05, 0) is 57.2 Å². The summed E-state index contributed by atoms with van der Waals surface area (Å²) in [5, 5.41) is 3.22. The smallest absolute Gasteiger partial charge is 0.0707 e. The van der Waals surface area contributed by atoms with Gasteiger partial charge >= 0.3 is 0 Å². The predicted octanol–water partition coefficient (Wildman–Crippen LogP) is 2.51. The average Bonchev–Trinajstić information content (AvgIpc) is 2.77. The molecule has 0 aromatic carbocycles. The number of nitrogens with one attached hydrogen (secondary N) is 1. The minimum atomic E-state index is 0.446. The molecule has 2 aliphatic heterocycles. The highest BCUT2D eigenvalue weighted by Crippen LogP contribution is 2.34. The van der Waals surface area contributed by atoms with Crippen molar-refractivity contribution in [2.24, 2.45) is 11.3 Å². The third-order valence-corrected chi connectivity index (χ3v) is 4.90. The Kier molecular flexibility index (Phi) is 5.27. The summed E-state index contributed by atoms with van der Waals surface area (Å²) in [4.78, 5) is 2.62. The van der Waals surface area contributed by atoms with Gasteiger partial charge in [0.25, 0.3) is 0 Å². The van der Waals surface area contributed by atoms with Crippen molar-refractivity contribution in [3.05, 3.63) is 0 Å². The number of ether oxygens (including phenoxy) is 1. The van der Waals surface area contributed by atoms with Crippen LogP contribution in [0.4, 0.5) is 0 Å². The molecule has 0 aromatic rings. The molecule has 19 heavy (non-hydrogen) atoms. The van der Waals surface area contributed by atoms with E-state index in [1.165, 1.54) is 38.8 Å². The Morgan fingerprint density at radius 1 is 1.05 bits per heavy atom. The Balaban J connectivity index is 1.69. The zero-order chi connectivity index (χ0) is 13.9. The maximum absolute atomic E-state index is 6.09. The minimum Gasteiger partial charge on any atom is -0.372 e. The van der Waals surface area contributed by atoms with Crippen molar-refractivity contribution in [2.45, 2.75) is 58.7 Å². The summed E-state index contributed by atoms with van der Waals surface area (Å²) >= 11 is 0. The summed E-state index contributed by atoms with van der Waals surface area (Å²) in [6.07, 6.45) is 6.11. The van der Waals surface area contributed by atoms with Gasteiger partial charge in [-0.2, -0.15) is 0 Å². The van der Waals surface area contributed by atoms with Crippen LogP contribution >= 0.6 is 0 Å². The van der Waals surface area contributed by atoms with Crippen LogP contribution in [0.2, 0.25) is 0 Å². The largest absolute Gasteiger partial charge is 0.372 e. The lowest BCUT2D eigenvalue weighted by molar-refractivity contribution is 0.0117. The van der Waals surface area contributed by atoms with Crippen molar-refractivity contribution in [2.75, 3.05) is 33.2 Å². The molecule has 2 fully saturated rings. The highest BCUT2D eigenvalue weighted by atomic mass is 16.5. The number of piperidine rings is 1. The van der Waals surface area contributed by atoms with Gasteiger partial charge in [-0.3, -0.25) is 0 Å². The molecule has 3 nitrogen and oxygen atoms in total. The molecular weight excluding hydrogens is 236 g/mol. The highest BCUT2D eigenvalue weighted by molar-refractivity contribution is 4.83. The van der Waals surface area contributed by atoms with E-state index in [1.54, 1.807) is 0 Å². The zero-order valence-electron chi connectivity index (χ0n) is 13.2. The monoisotopic (exact) mass is 268 g/mol. The van der Waals surface area contributed by atoms with Crippen LogP contribution in [0.25, 0.3) is 0 Å². The van der Waals surface area contributed by atoms with E-state index in [4.69, 9.17) is 4.74 Å². The standard InChI is InChI=1S/C16H32N2O/c1-16(2,3)13-7-9-18(10-8-13)12-15-6-5-14(19-15)11-17-4/h13-15,17H,5-12H2,1-4H3. The number of nitrogens with zero attached hydrogens (tertiary/aromatic N) is 1. The quantitative estimate of drug-likeness (QED) is 0.848. The van der Waals surface area contributed by atoms with Gasteiger partial charge in [0.1, 0.15) is 0 Å². The van der Waals surface area contributed by atoms with E-state index in [9.17, 15) is 0 Å². The molecule has 0 aromatic heterocycles. The van der Waals surface area contributed by atoms with Crippen LogP contribution < -0.4 is 5.32 Å². The third-order valence-electron chi connectivity index (χ3n) is 4.90. The van der Waals surface area contributed by atoms with Gasteiger partial charge in [-0.1, -0.05) is 20.8 Å². The number of hydrogen-bond donors (Lipinski definition) is 1. The first-order chi connectivity index (χ1) is 8.99. The van der Waals surface area contributed by atoms with Gasteiger partial charge in [0, 0.05) is 13.1 Å². The van der Waals surface area contributed by atoms with Crippen molar-refractivity contribution < 1.29 is 4.74 Å². The maximum Gasteiger partial charge on any atom is 0.0707 e. The van der Waals surface area contributed by atoms with E-state index in [0.29, 0.717) is 17.6 Å². The summed E-state index contributed by atoms with van der Waals surface area (Å²) in [5.41, 5.74) is 0.480. The lowest BCUT2D eigenvalue weighted by atomic mass is 9.75. The Bertz CT molecular complexity index is 266. The van der Waals surface area contributed by atoms with Crippen LogP contribution in [0.3, 0.4) is 0 Å². The SMILES string of the molecule is CNCC1CCC(CN2CCC(C(C)(C)C)CC2)O1. The van der Waals surface area contributed by atoms with E-state index in [0.717, 1.165) is 19.0 Å². The number of likely N-dealkylation sites (N-methyl/N-ethyl adjacent to an activating group) is 1. The van der Waals surface area contributed by atoms with Gasteiger partial charge in [-0.25, -0.2) is 0 Å². The predicted molar refractivity (Wildman–Crippen MR) is 80.4 cm³/mol. The zero-order valence-corrected chi connectivity index (χ0v) is 13.2. The van der Waals surface area contributed by atoms with Gasteiger partial charge in [0.2, 0.25) is 0 Å². The van der Waals surface area contributed by atoms with E-state index in [1.807, 2.05) is 7.05 Å². The first-order valence-corrected chi connectivity index (χ1v) is 8.01. The lowest BCUT2D eigenvalue weighted by Crippen LogP contribution is -2.41. The maximum atomic E-state index is 6.09. The number of hydrogen-bond acceptors (Lipinski definition) is 3. The van der Waals surface area contributed by atoms with Crippen LogP contribution in [0.5, 0.6) is 0 Å². The molecule has 2 atom stereocenters. The van der Waals surface area contributed by atoms with Crippen LogP contribution in [0.15, 0.2) is 0 Å². The molecule has 3 heteroatoms. The summed E-state index contributed by atoms with van der Waals surface area (Å²) in [6, 6.07) is 0. The van der Waals surface area contributed by atoms with Crippen molar-refractivity contribution in [3.63, 3.8) is 0 Å². The fraction of sp³-hybridized carbons (Fsp3) is 1.00. The van der Waals surface area contributed by atoms with Gasteiger partial charge < -0.3 is 15.0 Å². The second-order valence-corrected chi connectivity index (χ2v) is 7.46. The van der Waals surface area contributed by atoms with Gasteiger partial charge in [-0.15, -0.1) is 0 Å². The first-order valence-electron chi connectivity index (χ1n) is 8.01. The molecule has 2 saturated heterocycles. The molecule has 0 saturated carbocycles. The van der Waals surface area contributed by atoms with Gasteiger partial charge in [0.05, 0.1) is 12.2 Å². The lowest BCUT2D eigenvalue weighted by Gasteiger charge is -2.39. The van der Waals surface area contributed by atoms with E-state index < -0.39 is 0 Å². The second kappa shape index (κ2) is 6.55. The molecule has 0 spiro atoms. The molecule has 0 bridgehead atoms. The summed E-state index contributed by atoms with van der Waals surface area (Å²) in [6.45, 7) is 11.8. The van der Waals surface area contributed by atoms with E-state index >= 15 is 0 Å². The first kappa shape index (κ1) is 15.3. The fourth-order valence-corrected chi connectivity index (χ4v) is 3.56. The summed E-state index contributed by atoms with van der Waals surface area (Å²) in [5.74, 6) is 0.894. The van der Waals surface area contributed by atoms with E-state index in [-0.39, 0.29) is 0 Å². The van der Waals surface area contributed by atoms with Crippen LogP contribution in [0, 0.1) is 11.3 Å². The molecule has 0 amide bonds. The Hall–Kier alpha value is -0.120. The topological polar surface area (TPSA) is 24.5 Å². The molecule has 0 aliphatic carbocycles. The Labute approximate surface area is 119 Å². The van der Waals surface area contributed by atoms with Gasteiger partial charge in [0.15, 0.2) is 0 Å². The molecule has 2 unspecified atom stereocenters. The molecule has 112 valence electrons. The minimum absolute atomic E-state index is 0.446. The fourth-order valence-electron chi connectivity index (χ4n) is 3.56. The Morgan fingerprint density at radius 3 is 2.26 bits per heavy atom. The van der Waals surface area contributed by atoms with Crippen molar-refractivity contribution >= 4 is 0 Å². The normalized spacial score (nSPS) is 30.9. The second-order valence-electron chi connectivity index (χ2n) is 7.46. The average molecular weight is 268 g/mol. The molecule has 1 N–H and O–H groups in total. The van der Waals surface area contributed by atoms with Crippen LogP contribution in [-0.2, 0) is 4.74 Å². The Morgan fingerprint density at radius 2 is 1.68 bits per heavy atom. The third kappa shape index (κ3) is 4.44. The van der Waals surface area contributed by atoms with E-state index in [2.05, 4.69) is 31.0 Å². The van der Waals surface area contributed by atoms with Crippen molar-refractivity contribution in [1.29, 1.82) is 0 Å². The van der Waals surface area contributed by atoms with Crippen LogP contribution in [0.1, 0.15) is 46.5 Å². The molecule has 0 radical (unpaired) electrons. The summed E-state index contributed by atoms with van der Waals surface area (Å²) < 4.78 is 6.09. The molecule has 2 aliphatic rings. The molecular formula is C16H32N2O.